The monoisotopic (exact) mass is 298 g/mol. The van der Waals surface area contributed by atoms with Crippen LogP contribution in [0.1, 0.15) is 5.56 Å². The zero-order valence-corrected chi connectivity index (χ0v) is 11.8. The van der Waals surface area contributed by atoms with Gasteiger partial charge in [0.2, 0.25) is 0 Å². The number of pyridine rings is 1. The Morgan fingerprint density at radius 2 is 2.24 bits per heavy atom. The summed E-state index contributed by atoms with van der Waals surface area (Å²) in [7, 11) is 0. The molecule has 0 amide bonds. The van der Waals surface area contributed by atoms with Crippen LogP contribution in [0.15, 0.2) is 16.7 Å². The lowest BCUT2D eigenvalue weighted by Crippen LogP contribution is -2.45. The van der Waals surface area contributed by atoms with E-state index in [2.05, 4.69) is 43.4 Å². The van der Waals surface area contributed by atoms with Crippen molar-refractivity contribution in [2.24, 2.45) is 0 Å². The highest BCUT2D eigenvalue weighted by Crippen LogP contribution is 2.22. The van der Waals surface area contributed by atoms with Crippen LogP contribution >= 0.6 is 15.9 Å². The van der Waals surface area contributed by atoms with Gasteiger partial charge in [-0.1, -0.05) is 0 Å². The minimum atomic E-state index is 0.940. The van der Waals surface area contributed by atoms with E-state index in [9.17, 15) is 0 Å². The number of hydrogen-bond acceptors (Lipinski definition) is 4. The maximum absolute atomic E-state index is 4.33. The van der Waals surface area contributed by atoms with Crippen molar-refractivity contribution in [3.05, 3.63) is 22.3 Å². The van der Waals surface area contributed by atoms with Crippen molar-refractivity contribution >= 4 is 21.7 Å². The number of rotatable bonds is 4. The zero-order chi connectivity index (χ0) is 12.1. The highest BCUT2D eigenvalue weighted by Gasteiger charge is 2.09. The van der Waals surface area contributed by atoms with Crippen LogP contribution in [-0.2, 0) is 0 Å². The molecule has 4 nitrogen and oxygen atoms in total. The van der Waals surface area contributed by atoms with Crippen molar-refractivity contribution in [3.8, 4) is 0 Å². The maximum Gasteiger partial charge on any atom is 0.140 e. The van der Waals surface area contributed by atoms with Crippen molar-refractivity contribution in [2.75, 3.05) is 44.6 Å². The van der Waals surface area contributed by atoms with Crippen LogP contribution in [0.2, 0.25) is 0 Å². The predicted molar refractivity (Wildman–Crippen MR) is 74.5 cm³/mol. The van der Waals surface area contributed by atoms with Gasteiger partial charge in [0.1, 0.15) is 5.82 Å². The molecule has 1 aromatic rings. The lowest BCUT2D eigenvalue weighted by molar-refractivity contribution is 0.249. The molecule has 2 rings (SSSR count). The Morgan fingerprint density at radius 3 is 3.00 bits per heavy atom. The van der Waals surface area contributed by atoms with Crippen LogP contribution in [0.4, 0.5) is 5.82 Å². The molecule has 0 aliphatic carbocycles. The third kappa shape index (κ3) is 3.66. The highest BCUT2D eigenvalue weighted by molar-refractivity contribution is 9.10. The van der Waals surface area contributed by atoms with E-state index >= 15 is 0 Å². The summed E-state index contributed by atoms with van der Waals surface area (Å²) in [6.45, 7) is 8.58. The van der Waals surface area contributed by atoms with Crippen molar-refractivity contribution in [2.45, 2.75) is 6.92 Å². The molecule has 2 N–H and O–H groups in total. The van der Waals surface area contributed by atoms with Gasteiger partial charge in [-0.2, -0.15) is 0 Å². The standard InChI is InChI=1S/C12H19BrN4/c1-10-2-3-15-12(11(10)13)16-6-9-17-7-4-14-5-8-17/h2-3,14H,4-9H2,1H3,(H,15,16). The van der Waals surface area contributed by atoms with Gasteiger partial charge < -0.3 is 10.6 Å². The van der Waals surface area contributed by atoms with Gasteiger partial charge in [0.15, 0.2) is 0 Å². The van der Waals surface area contributed by atoms with Crippen molar-refractivity contribution in [3.63, 3.8) is 0 Å². The lowest BCUT2D eigenvalue weighted by atomic mass is 10.3. The van der Waals surface area contributed by atoms with Crippen LogP contribution in [-0.4, -0.2) is 49.2 Å². The number of halogens is 1. The molecular weight excluding hydrogens is 280 g/mol. The van der Waals surface area contributed by atoms with Gasteiger partial charge in [0.25, 0.3) is 0 Å². The van der Waals surface area contributed by atoms with E-state index in [1.54, 1.807) is 0 Å². The molecule has 1 aromatic heterocycles. The topological polar surface area (TPSA) is 40.2 Å². The Morgan fingerprint density at radius 1 is 1.47 bits per heavy atom. The lowest BCUT2D eigenvalue weighted by Gasteiger charge is -2.27. The van der Waals surface area contributed by atoms with E-state index in [-0.39, 0.29) is 0 Å². The normalized spacial score (nSPS) is 17.1. The summed E-state index contributed by atoms with van der Waals surface area (Å²) in [6.07, 6.45) is 1.84. The highest BCUT2D eigenvalue weighted by atomic mass is 79.9. The first-order valence-electron chi connectivity index (χ1n) is 6.05. The van der Waals surface area contributed by atoms with Gasteiger partial charge >= 0.3 is 0 Å². The molecule has 0 aromatic carbocycles. The van der Waals surface area contributed by atoms with Gasteiger partial charge in [-0.15, -0.1) is 0 Å². The molecule has 0 atom stereocenters. The average Bonchev–Trinajstić information content (AvgIpc) is 2.36. The fourth-order valence-corrected chi connectivity index (χ4v) is 2.31. The van der Waals surface area contributed by atoms with E-state index in [1.807, 2.05) is 12.3 Å². The van der Waals surface area contributed by atoms with Crippen LogP contribution < -0.4 is 10.6 Å². The minimum Gasteiger partial charge on any atom is -0.368 e. The number of hydrogen-bond donors (Lipinski definition) is 2. The van der Waals surface area contributed by atoms with E-state index in [0.29, 0.717) is 0 Å². The number of aryl methyl sites for hydroxylation is 1. The average molecular weight is 299 g/mol. The first kappa shape index (κ1) is 12.8. The van der Waals surface area contributed by atoms with Gasteiger partial charge in [-0.25, -0.2) is 4.98 Å². The van der Waals surface area contributed by atoms with Gasteiger partial charge in [0, 0.05) is 45.5 Å². The molecule has 94 valence electrons. The number of piperazine rings is 1. The molecule has 0 bridgehead atoms. The third-order valence-electron chi connectivity index (χ3n) is 3.01. The summed E-state index contributed by atoms with van der Waals surface area (Å²) in [5.74, 6) is 0.945. The molecule has 0 spiro atoms. The Balaban J connectivity index is 1.79. The molecule has 0 radical (unpaired) electrons. The van der Waals surface area contributed by atoms with E-state index in [1.165, 1.54) is 5.56 Å². The first-order chi connectivity index (χ1) is 8.27. The molecule has 2 heterocycles. The Hall–Kier alpha value is -0.650. The Labute approximate surface area is 111 Å². The zero-order valence-electron chi connectivity index (χ0n) is 10.2. The number of nitrogens with one attached hydrogen (secondary N) is 2. The third-order valence-corrected chi connectivity index (χ3v) is 4.01. The molecule has 17 heavy (non-hydrogen) atoms. The second kappa shape index (κ2) is 6.33. The first-order valence-corrected chi connectivity index (χ1v) is 6.85. The predicted octanol–water partition coefficient (Wildman–Crippen LogP) is 1.47. The Bertz CT molecular complexity index is 364. The van der Waals surface area contributed by atoms with Crippen LogP contribution in [0.5, 0.6) is 0 Å². The molecule has 1 fully saturated rings. The van der Waals surface area contributed by atoms with Crippen LogP contribution in [0, 0.1) is 6.92 Å². The minimum absolute atomic E-state index is 0.940. The number of nitrogens with zero attached hydrogens (tertiary/aromatic N) is 2. The summed E-state index contributed by atoms with van der Waals surface area (Å²) in [5, 5.41) is 6.74. The quantitative estimate of drug-likeness (QED) is 0.883. The smallest absolute Gasteiger partial charge is 0.140 e. The molecular formula is C12H19BrN4. The van der Waals surface area contributed by atoms with Crippen LogP contribution in [0.3, 0.4) is 0 Å². The molecule has 5 heteroatoms. The van der Waals surface area contributed by atoms with Crippen molar-refractivity contribution in [1.82, 2.24) is 15.2 Å². The molecule has 0 unspecified atom stereocenters. The molecule has 1 saturated heterocycles. The Kier molecular flexibility index (Phi) is 4.76. The van der Waals surface area contributed by atoms with Gasteiger partial charge in [-0.05, 0) is 34.5 Å². The molecule has 0 saturated carbocycles. The second-order valence-electron chi connectivity index (χ2n) is 4.31. The molecule has 1 aliphatic heterocycles. The van der Waals surface area contributed by atoms with Crippen LogP contribution in [0.25, 0.3) is 0 Å². The second-order valence-corrected chi connectivity index (χ2v) is 5.10. The fraction of sp³-hybridized carbons (Fsp3) is 0.583. The van der Waals surface area contributed by atoms with E-state index in [0.717, 1.165) is 49.6 Å². The summed E-state index contributed by atoms with van der Waals surface area (Å²) in [5.41, 5.74) is 1.21. The van der Waals surface area contributed by atoms with Crippen molar-refractivity contribution in [1.29, 1.82) is 0 Å². The van der Waals surface area contributed by atoms with Crippen molar-refractivity contribution < 1.29 is 0 Å². The van der Waals surface area contributed by atoms with Gasteiger partial charge in [-0.3, -0.25) is 4.90 Å². The SMILES string of the molecule is Cc1ccnc(NCCN2CCNCC2)c1Br. The summed E-state index contributed by atoms with van der Waals surface area (Å²) in [4.78, 5) is 6.80. The van der Waals surface area contributed by atoms with E-state index < -0.39 is 0 Å². The molecule has 1 aliphatic rings. The summed E-state index contributed by atoms with van der Waals surface area (Å²) < 4.78 is 1.07. The van der Waals surface area contributed by atoms with E-state index in [4.69, 9.17) is 0 Å². The number of aromatic nitrogens is 1. The maximum atomic E-state index is 4.33. The summed E-state index contributed by atoms with van der Waals surface area (Å²) in [6, 6.07) is 2.01. The summed E-state index contributed by atoms with van der Waals surface area (Å²) >= 11 is 3.56. The number of anilines is 1. The van der Waals surface area contributed by atoms with Gasteiger partial charge in [0.05, 0.1) is 4.47 Å². The largest absolute Gasteiger partial charge is 0.368 e. The fourth-order valence-electron chi connectivity index (χ4n) is 1.93.